The zero-order valence-electron chi connectivity index (χ0n) is 6.27. The Bertz CT molecular complexity index is 301. The number of aliphatic carboxylic acids is 1. The molecule has 12 heavy (non-hydrogen) atoms. The summed E-state index contributed by atoms with van der Waals surface area (Å²) in [6.07, 6.45) is 0. The smallest absolute Gasteiger partial charge is 0.325 e. The van der Waals surface area contributed by atoms with Crippen LogP contribution < -0.4 is 5.73 Å². The third kappa shape index (κ3) is 1.99. The van der Waals surface area contributed by atoms with Gasteiger partial charge < -0.3 is 10.8 Å². The highest BCUT2D eigenvalue weighted by molar-refractivity contribution is 7.80. The van der Waals surface area contributed by atoms with Crippen molar-refractivity contribution >= 4 is 18.6 Å². The lowest BCUT2D eigenvalue weighted by molar-refractivity contribution is -0.138. The summed E-state index contributed by atoms with van der Waals surface area (Å²) in [4.78, 5) is 11.2. The average Bonchev–Trinajstić information content (AvgIpc) is 2.03. The van der Waals surface area contributed by atoms with Gasteiger partial charge in [0.15, 0.2) is 0 Å². The van der Waals surface area contributed by atoms with Crippen LogP contribution in [0.5, 0.6) is 0 Å². The summed E-state index contributed by atoms with van der Waals surface area (Å²) in [6, 6.07) is 5.83. The molecule has 0 aliphatic rings. The van der Waals surface area contributed by atoms with E-state index in [0.29, 0.717) is 10.5 Å². The summed E-state index contributed by atoms with van der Waals surface area (Å²) >= 11 is 4.07. The van der Waals surface area contributed by atoms with Gasteiger partial charge in [0.2, 0.25) is 0 Å². The van der Waals surface area contributed by atoms with E-state index in [0.717, 1.165) is 0 Å². The Kier molecular flexibility index (Phi) is 2.73. The fourth-order valence-electron chi connectivity index (χ4n) is 0.861. The van der Waals surface area contributed by atoms with Gasteiger partial charge in [-0.2, -0.15) is 0 Å². The molecule has 0 fully saturated rings. The Morgan fingerprint density at radius 3 is 2.75 bits per heavy atom. The first-order chi connectivity index (χ1) is 5.61. The monoisotopic (exact) mass is 183 g/mol. The quantitative estimate of drug-likeness (QED) is 0.601. The van der Waals surface area contributed by atoms with Gasteiger partial charge in [0.1, 0.15) is 6.04 Å². The molecule has 3 nitrogen and oxygen atoms in total. The third-order valence-electron chi connectivity index (χ3n) is 1.50. The maximum Gasteiger partial charge on any atom is 0.325 e. The summed E-state index contributed by atoms with van der Waals surface area (Å²) in [7, 11) is 0. The molecule has 1 aromatic rings. The molecule has 3 N–H and O–H groups in total. The fourth-order valence-corrected chi connectivity index (χ4v) is 1.10. The van der Waals surface area contributed by atoms with Crippen LogP contribution in [0.3, 0.4) is 0 Å². The zero-order valence-corrected chi connectivity index (χ0v) is 7.16. The lowest BCUT2D eigenvalue weighted by Crippen LogP contribution is -2.20. The lowest BCUT2D eigenvalue weighted by atomic mass is 10.1. The molecule has 4 heteroatoms. The summed E-state index contributed by atoms with van der Waals surface area (Å²) in [6.45, 7) is 0. The lowest BCUT2D eigenvalue weighted by Gasteiger charge is -2.06. The fraction of sp³-hybridized carbons (Fsp3) is 0.125. The first-order valence-corrected chi connectivity index (χ1v) is 3.83. The Morgan fingerprint density at radius 1 is 1.58 bits per heavy atom. The second kappa shape index (κ2) is 3.60. The summed E-state index contributed by atoms with van der Waals surface area (Å²) < 4.78 is 0. The first-order valence-electron chi connectivity index (χ1n) is 3.38. The number of carboxylic acids is 1. The first kappa shape index (κ1) is 9.09. The largest absolute Gasteiger partial charge is 0.480 e. The van der Waals surface area contributed by atoms with Crippen molar-refractivity contribution in [1.29, 1.82) is 0 Å². The molecular formula is C8H9NO2S. The van der Waals surface area contributed by atoms with Gasteiger partial charge in [0, 0.05) is 4.90 Å². The number of hydrogen-bond acceptors (Lipinski definition) is 3. The molecule has 64 valence electrons. The Morgan fingerprint density at radius 2 is 2.25 bits per heavy atom. The molecule has 0 bridgehead atoms. The minimum absolute atomic E-state index is 0.565. The molecule has 1 rings (SSSR count). The minimum Gasteiger partial charge on any atom is -0.480 e. The van der Waals surface area contributed by atoms with Gasteiger partial charge in [-0.15, -0.1) is 12.6 Å². The van der Waals surface area contributed by atoms with Crippen LogP contribution in [0.25, 0.3) is 0 Å². The maximum atomic E-state index is 10.5. The molecule has 1 aromatic carbocycles. The molecule has 0 aliphatic carbocycles. The van der Waals surface area contributed by atoms with Crippen LogP contribution in [0.15, 0.2) is 29.2 Å². The van der Waals surface area contributed by atoms with Crippen molar-refractivity contribution < 1.29 is 9.90 Å². The van der Waals surface area contributed by atoms with E-state index in [9.17, 15) is 4.79 Å². The summed E-state index contributed by atoms with van der Waals surface area (Å²) in [5.41, 5.74) is 5.94. The molecule has 1 atom stereocenters. The minimum atomic E-state index is -1.03. The Labute approximate surface area is 75.6 Å². The van der Waals surface area contributed by atoms with E-state index >= 15 is 0 Å². The standard InChI is InChI=1S/C8H9NO2S/c9-7(8(10)11)5-2-1-3-6(12)4-5/h1-4,7,12H,9H2,(H,10,11). The van der Waals surface area contributed by atoms with Gasteiger partial charge in [-0.25, -0.2) is 0 Å². The van der Waals surface area contributed by atoms with E-state index in [2.05, 4.69) is 12.6 Å². The van der Waals surface area contributed by atoms with E-state index in [1.165, 1.54) is 0 Å². The average molecular weight is 183 g/mol. The normalized spacial score (nSPS) is 12.5. The van der Waals surface area contributed by atoms with Crippen molar-refractivity contribution in [3.63, 3.8) is 0 Å². The van der Waals surface area contributed by atoms with E-state index < -0.39 is 12.0 Å². The number of thiol groups is 1. The van der Waals surface area contributed by atoms with Crippen LogP contribution in [0.2, 0.25) is 0 Å². The summed E-state index contributed by atoms with van der Waals surface area (Å²) in [5, 5.41) is 8.58. The molecule has 1 unspecified atom stereocenters. The number of hydrogen-bond donors (Lipinski definition) is 3. The van der Waals surface area contributed by atoms with E-state index in [1.54, 1.807) is 24.3 Å². The highest BCUT2D eigenvalue weighted by Gasteiger charge is 2.13. The van der Waals surface area contributed by atoms with Crippen LogP contribution in [0.4, 0.5) is 0 Å². The van der Waals surface area contributed by atoms with Crippen LogP contribution in [-0.2, 0) is 4.79 Å². The van der Waals surface area contributed by atoms with Gasteiger partial charge in [0.25, 0.3) is 0 Å². The van der Waals surface area contributed by atoms with Crippen molar-refractivity contribution in [2.24, 2.45) is 5.73 Å². The predicted octanol–water partition coefficient (Wildman–Crippen LogP) is 1.06. The molecule has 0 amide bonds. The second-order valence-corrected chi connectivity index (χ2v) is 2.93. The Balaban J connectivity index is 2.95. The maximum absolute atomic E-state index is 10.5. The SMILES string of the molecule is NC(C(=O)O)c1cccc(S)c1. The highest BCUT2D eigenvalue weighted by atomic mass is 32.1. The van der Waals surface area contributed by atoms with Crippen LogP contribution in [0.1, 0.15) is 11.6 Å². The van der Waals surface area contributed by atoms with Crippen molar-refractivity contribution in [3.8, 4) is 0 Å². The number of carbonyl (C=O) groups is 1. The predicted molar refractivity (Wildman–Crippen MR) is 48.3 cm³/mol. The van der Waals surface area contributed by atoms with Crippen molar-refractivity contribution in [2.75, 3.05) is 0 Å². The molecule has 0 aromatic heterocycles. The van der Waals surface area contributed by atoms with E-state index in [4.69, 9.17) is 10.8 Å². The van der Waals surface area contributed by atoms with Crippen molar-refractivity contribution in [3.05, 3.63) is 29.8 Å². The van der Waals surface area contributed by atoms with Crippen molar-refractivity contribution in [1.82, 2.24) is 0 Å². The Hall–Kier alpha value is -1.00. The molecule has 0 spiro atoms. The second-order valence-electron chi connectivity index (χ2n) is 2.41. The molecule has 0 radical (unpaired) electrons. The van der Waals surface area contributed by atoms with Gasteiger partial charge >= 0.3 is 5.97 Å². The number of benzene rings is 1. The van der Waals surface area contributed by atoms with Crippen LogP contribution >= 0.6 is 12.6 Å². The molecule has 0 saturated heterocycles. The van der Waals surface area contributed by atoms with Crippen molar-refractivity contribution in [2.45, 2.75) is 10.9 Å². The molecule has 0 heterocycles. The topological polar surface area (TPSA) is 63.3 Å². The molecular weight excluding hydrogens is 174 g/mol. The number of carboxylic acid groups (broad SMARTS) is 1. The number of nitrogens with two attached hydrogens (primary N) is 1. The van der Waals surface area contributed by atoms with Crippen LogP contribution in [0, 0.1) is 0 Å². The third-order valence-corrected chi connectivity index (χ3v) is 1.77. The van der Waals surface area contributed by atoms with Gasteiger partial charge in [-0.05, 0) is 17.7 Å². The van der Waals surface area contributed by atoms with Gasteiger partial charge in [-0.1, -0.05) is 12.1 Å². The van der Waals surface area contributed by atoms with Gasteiger partial charge in [0.05, 0.1) is 0 Å². The molecule has 0 aliphatic heterocycles. The van der Waals surface area contributed by atoms with E-state index in [-0.39, 0.29) is 0 Å². The zero-order chi connectivity index (χ0) is 9.14. The van der Waals surface area contributed by atoms with Crippen LogP contribution in [-0.4, -0.2) is 11.1 Å². The van der Waals surface area contributed by atoms with E-state index in [1.807, 2.05) is 0 Å². The number of rotatable bonds is 2. The highest BCUT2D eigenvalue weighted by Crippen LogP contribution is 2.14. The van der Waals surface area contributed by atoms with Gasteiger partial charge in [-0.3, -0.25) is 4.79 Å². The summed E-state index contributed by atoms with van der Waals surface area (Å²) in [5.74, 6) is -1.03. The molecule has 0 saturated carbocycles.